The summed E-state index contributed by atoms with van der Waals surface area (Å²) in [7, 11) is 0. The normalized spacial score (nSPS) is 36.7. The van der Waals surface area contributed by atoms with Crippen LogP contribution >= 0.6 is 0 Å². The SMILES string of the molecule is O=C(C1COCCN1CC(F)F)N1C2CCC1C(CO)C2. The first-order valence-corrected chi connectivity index (χ1v) is 7.64. The van der Waals surface area contributed by atoms with E-state index in [1.165, 1.54) is 0 Å². The summed E-state index contributed by atoms with van der Waals surface area (Å²) in [5, 5.41) is 9.40. The molecule has 2 bridgehead atoms. The van der Waals surface area contributed by atoms with Crippen molar-refractivity contribution >= 4 is 5.91 Å². The molecule has 4 unspecified atom stereocenters. The van der Waals surface area contributed by atoms with E-state index in [9.17, 15) is 18.7 Å². The van der Waals surface area contributed by atoms with Gasteiger partial charge in [0.15, 0.2) is 0 Å². The Bertz CT molecular complexity index is 396. The fourth-order valence-electron chi connectivity index (χ4n) is 4.09. The number of aliphatic hydroxyl groups is 1. The Morgan fingerprint density at radius 3 is 2.86 bits per heavy atom. The third kappa shape index (κ3) is 2.78. The Hall–Kier alpha value is -0.790. The van der Waals surface area contributed by atoms with Crippen LogP contribution in [0.5, 0.6) is 0 Å². The van der Waals surface area contributed by atoms with Gasteiger partial charge in [0.25, 0.3) is 6.43 Å². The first kappa shape index (κ1) is 15.1. The van der Waals surface area contributed by atoms with Crippen LogP contribution in [0.2, 0.25) is 0 Å². The van der Waals surface area contributed by atoms with E-state index in [0.29, 0.717) is 13.2 Å². The highest BCUT2D eigenvalue weighted by Gasteiger charge is 2.50. The zero-order chi connectivity index (χ0) is 15.0. The number of morpholine rings is 1. The molecular weight excluding hydrogens is 282 g/mol. The molecule has 5 nitrogen and oxygen atoms in total. The number of rotatable bonds is 4. The molecule has 3 rings (SSSR count). The molecule has 3 heterocycles. The maximum absolute atomic E-state index is 12.8. The molecule has 3 aliphatic rings. The van der Waals surface area contributed by atoms with Crippen LogP contribution in [0.3, 0.4) is 0 Å². The van der Waals surface area contributed by atoms with Gasteiger partial charge in [-0.3, -0.25) is 9.69 Å². The number of aliphatic hydroxyl groups excluding tert-OH is 1. The minimum atomic E-state index is -2.45. The van der Waals surface area contributed by atoms with Gasteiger partial charge in [0, 0.05) is 31.2 Å². The third-order valence-electron chi connectivity index (χ3n) is 5.05. The summed E-state index contributed by atoms with van der Waals surface area (Å²) in [6.45, 7) is 0.653. The Balaban J connectivity index is 1.71. The zero-order valence-electron chi connectivity index (χ0n) is 12.0. The van der Waals surface area contributed by atoms with Crippen molar-refractivity contribution in [1.82, 2.24) is 9.80 Å². The summed E-state index contributed by atoms with van der Waals surface area (Å²) in [5.41, 5.74) is 0. The molecule has 0 aromatic heterocycles. The predicted molar refractivity (Wildman–Crippen MR) is 71.0 cm³/mol. The van der Waals surface area contributed by atoms with Crippen LogP contribution in [-0.4, -0.2) is 78.3 Å². The summed E-state index contributed by atoms with van der Waals surface area (Å²) in [5.74, 6) is 0.0413. The highest BCUT2D eigenvalue weighted by atomic mass is 19.3. The molecule has 7 heteroatoms. The van der Waals surface area contributed by atoms with Crippen molar-refractivity contribution in [2.45, 2.75) is 43.8 Å². The number of carbonyl (C=O) groups is 1. The van der Waals surface area contributed by atoms with E-state index < -0.39 is 12.5 Å². The zero-order valence-corrected chi connectivity index (χ0v) is 12.0. The average molecular weight is 304 g/mol. The van der Waals surface area contributed by atoms with E-state index in [1.807, 2.05) is 4.90 Å². The molecule has 21 heavy (non-hydrogen) atoms. The molecule has 0 aromatic carbocycles. The van der Waals surface area contributed by atoms with E-state index in [4.69, 9.17) is 4.74 Å². The van der Waals surface area contributed by atoms with Crippen molar-refractivity contribution in [3.63, 3.8) is 0 Å². The maximum atomic E-state index is 12.8. The van der Waals surface area contributed by atoms with Crippen LogP contribution in [0.25, 0.3) is 0 Å². The van der Waals surface area contributed by atoms with Crippen LogP contribution in [-0.2, 0) is 9.53 Å². The molecule has 120 valence electrons. The van der Waals surface area contributed by atoms with E-state index >= 15 is 0 Å². The third-order valence-corrected chi connectivity index (χ3v) is 5.05. The molecular formula is C14H22F2N2O3. The lowest BCUT2D eigenvalue weighted by Crippen LogP contribution is -2.57. The number of hydrogen-bond acceptors (Lipinski definition) is 4. The van der Waals surface area contributed by atoms with E-state index in [-0.39, 0.29) is 43.7 Å². The highest BCUT2D eigenvalue weighted by Crippen LogP contribution is 2.42. The van der Waals surface area contributed by atoms with Crippen molar-refractivity contribution in [1.29, 1.82) is 0 Å². The first-order valence-electron chi connectivity index (χ1n) is 7.64. The fourth-order valence-corrected chi connectivity index (χ4v) is 4.09. The van der Waals surface area contributed by atoms with Crippen LogP contribution < -0.4 is 0 Å². The van der Waals surface area contributed by atoms with Gasteiger partial charge in [-0.05, 0) is 19.3 Å². The molecule has 0 spiro atoms. The molecule has 4 atom stereocenters. The second-order valence-corrected chi connectivity index (χ2v) is 6.20. The summed E-state index contributed by atoms with van der Waals surface area (Å²) >= 11 is 0. The predicted octanol–water partition coefficient (Wildman–Crippen LogP) is 0.324. The Morgan fingerprint density at radius 1 is 1.38 bits per heavy atom. The van der Waals surface area contributed by atoms with Crippen molar-refractivity contribution in [2.24, 2.45) is 5.92 Å². The van der Waals surface area contributed by atoms with Gasteiger partial charge in [0.2, 0.25) is 5.91 Å². The van der Waals surface area contributed by atoms with Gasteiger partial charge in [-0.1, -0.05) is 0 Å². The number of hydrogen-bond donors (Lipinski definition) is 1. The number of fused-ring (bicyclic) bond motifs is 2. The molecule has 0 radical (unpaired) electrons. The van der Waals surface area contributed by atoms with Crippen LogP contribution in [0.1, 0.15) is 19.3 Å². The number of amides is 1. The van der Waals surface area contributed by atoms with Gasteiger partial charge >= 0.3 is 0 Å². The topological polar surface area (TPSA) is 53.0 Å². The van der Waals surface area contributed by atoms with Gasteiger partial charge in [-0.15, -0.1) is 0 Å². The lowest BCUT2D eigenvalue weighted by molar-refractivity contribution is -0.146. The Kier molecular flexibility index (Phi) is 4.42. The molecule has 3 saturated heterocycles. The number of carbonyl (C=O) groups excluding carboxylic acids is 1. The van der Waals surface area contributed by atoms with E-state index in [0.717, 1.165) is 19.3 Å². The number of nitrogens with zero attached hydrogens (tertiary/aromatic N) is 2. The Morgan fingerprint density at radius 2 is 2.19 bits per heavy atom. The van der Waals surface area contributed by atoms with Crippen LogP contribution in [0.4, 0.5) is 8.78 Å². The molecule has 1 N–H and O–H groups in total. The quantitative estimate of drug-likeness (QED) is 0.813. The number of halogens is 2. The minimum absolute atomic E-state index is 0.0721. The summed E-state index contributed by atoms with van der Waals surface area (Å²) < 4.78 is 30.7. The second kappa shape index (κ2) is 6.14. The van der Waals surface area contributed by atoms with Crippen LogP contribution in [0.15, 0.2) is 0 Å². The smallest absolute Gasteiger partial charge is 0.251 e. The van der Waals surface area contributed by atoms with Crippen LogP contribution in [0, 0.1) is 5.92 Å². The van der Waals surface area contributed by atoms with Crippen molar-refractivity contribution in [2.75, 3.05) is 32.9 Å². The van der Waals surface area contributed by atoms with Gasteiger partial charge in [0.05, 0.1) is 19.8 Å². The first-order chi connectivity index (χ1) is 10.1. The number of alkyl halides is 2. The second-order valence-electron chi connectivity index (χ2n) is 6.20. The van der Waals surface area contributed by atoms with Gasteiger partial charge in [-0.25, -0.2) is 8.78 Å². The lowest BCUT2D eigenvalue weighted by Gasteiger charge is -2.37. The largest absolute Gasteiger partial charge is 0.396 e. The average Bonchev–Trinajstić information content (AvgIpc) is 3.03. The monoisotopic (exact) mass is 304 g/mol. The standard InChI is InChI=1S/C14H22F2N2O3/c15-13(16)6-17-3-4-21-8-12(17)14(20)18-10-1-2-11(18)9(5-10)7-19/h9-13,19H,1-8H2. The van der Waals surface area contributed by atoms with Gasteiger partial charge in [-0.2, -0.15) is 0 Å². The molecule has 3 aliphatic heterocycles. The molecule has 1 amide bonds. The molecule has 3 fully saturated rings. The maximum Gasteiger partial charge on any atom is 0.251 e. The molecule has 0 saturated carbocycles. The van der Waals surface area contributed by atoms with Crippen molar-refractivity contribution in [3.8, 4) is 0 Å². The number of ether oxygens (including phenoxy) is 1. The van der Waals surface area contributed by atoms with Gasteiger partial charge < -0.3 is 14.7 Å². The lowest BCUT2D eigenvalue weighted by atomic mass is 9.90. The fraction of sp³-hybridized carbons (Fsp3) is 0.929. The van der Waals surface area contributed by atoms with Gasteiger partial charge in [0.1, 0.15) is 6.04 Å². The summed E-state index contributed by atoms with van der Waals surface area (Å²) in [4.78, 5) is 16.2. The highest BCUT2D eigenvalue weighted by molar-refractivity contribution is 5.83. The summed E-state index contributed by atoms with van der Waals surface area (Å²) in [6, 6.07) is -0.369. The Labute approximate surface area is 122 Å². The molecule has 0 aliphatic carbocycles. The summed E-state index contributed by atoms with van der Waals surface area (Å²) in [6.07, 6.45) is 0.244. The van der Waals surface area contributed by atoms with Crippen molar-refractivity contribution < 1.29 is 23.4 Å². The van der Waals surface area contributed by atoms with E-state index in [2.05, 4.69) is 0 Å². The minimum Gasteiger partial charge on any atom is -0.396 e. The van der Waals surface area contributed by atoms with E-state index in [1.54, 1.807) is 4.90 Å². The van der Waals surface area contributed by atoms with Crippen molar-refractivity contribution in [3.05, 3.63) is 0 Å². The molecule has 0 aromatic rings.